The minimum atomic E-state index is -3.43. The van der Waals surface area contributed by atoms with Crippen molar-refractivity contribution in [2.75, 3.05) is 0 Å². The van der Waals surface area contributed by atoms with Crippen molar-refractivity contribution in [3.05, 3.63) is 28.8 Å². The molecule has 0 saturated heterocycles. The summed E-state index contributed by atoms with van der Waals surface area (Å²) in [6.45, 7) is 7.25. The van der Waals surface area contributed by atoms with Gasteiger partial charge < -0.3 is 5.73 Å². The maximum atomic E-state index is 12.6. The molecule has 1 unspecified atom stereocenters. The summed E-state index contributed by atoms with van der Waals surface area (Å²) in [6, 6.07) is 3.23. The lowest BCUT2D eigenvalue weighted by molar-refractivity contribution is 0.0999. The Morgan fingerprint density at radius 1 is 1.37 bits per heavy atom. The highest BCUT2D eigenvalue weighted by Gasteiger charge is 2.43. The largest absolute Gasteiger partial charge is 0.366 e. The van der Waals surface area contributed by atoms with Crippen molar-refractivity contribution < 1.29 is 13.2 Å². The Kier molecular flexibility index (Phi) is 3.01. The van der Waals surface area contributed by atoms with Gasteiger partial charge in [-0.2, -0.15) is 0 Å². The van der Waals surface area contributed by atoms with E-state index >= 15 is 0 Å². The summed E-state index contributed by atoms with van der Waals surface area (Å²) < 4.78 is 24.4. The van der Waals surface area contributed by atoms with E-state index in [-0.39, 0.29) is 16.4 Å². The molecule has 0 aliphatic carbocycles. The van der Waals surface area contributed by atoms with Gasteiger partial charge in [0.1, 0.15) is 0 Å². The van der Waals surface area contributed by atoms with Gasteiger partial charge in [-0.1, -0.05) is 13.0 Å². The number of hydrogen-bond donors (Lipinski definition) is 1. The van der Waals surface area contributed by atoms with E-state index in [1.54, 1.807) is 26.8 Å². The lowest BCUT2D eigenvalue weighted by Crippen LogP contribution is -2.38. The van der Waals surface area contributed by atoms with Crippen LogP contribution in [0.3, 0.4) is 0 Å². The summed E-state index contributed by atoms with van der Waals surface area (Å²) in [5, 5.41) is 0. The molecule has 1 aliphatic rings. The molecule has 1 aliphatic heterocycles. The molecular weight excluding hydrogens is 262 g/mol. The smallest absolute Gasteiger partial charge is 0.249 e. The Morgan fingerprint density at radius 2 is 1.95 bits per heavy atom. The van der Waals surface area contributed by atoms with E-state index in [1.807, 2.05) is 6.92 Å². The molecule has 1 aromatic rings. The van der Waals surface area contributed by atoms with Gasteiger partial charge in [0.2, 0.25) is 5.91 Å². The number of fused-ring (bicyclic) bond motifs is 1. The third-order valence-corrected chi connectivity index (χ3v) is 6.52. The lowest BCUT2D eigenvalue weighted by Gasteiger charge is -2.35. The van der Waals surface area contributed by atoms with Crippen LogP contribution in [0.5, 0.6) is 0 Å². The van der Waals surface area contributed by atoms with E-state index < -0.39 is 20.5 Å². The highest BCUT2D eigenvalue weighted by Crippen LogP contribution is 2.44. The minimum Gasteiger partial charge on any atom is -0.366 e. The minimum absolute atomic E-state index is 0.147. The summed E-state index contributed by atoms with van der Waals surface area (Å²) in [7, 11) is -3.43. The lowest BCUT2D eigenvalue weighted by atomic mass is 9.88. The summed E-state index contributed by atoms with van der Waals surface area (Å²) in [5.74, 6) is -0.444. The number of rotatable bonds is 1. The van der Waals surface area contributed by atoms with Gasteiger partial charge in [0.25, 0.3) is 0 Å². The van der Waals surface area contributed by atoms with E-state index in [1.165, 1.54) is 6.07 Å². The first-order valence-electron chi connectivity index (χ1n) is 6.27. The number of hydrogen-bond acceptors (Lipinski definition) is 3. The molecule has 19 heavy (non-hydrogen) atoms. The highest BCUT2D eigenvalue weighted by molar-refractivity contribution is 7.93. The highest BCUT2D eigenvalue weighted by atomic mass is 32.2. The average Bonchev–Trinajstić information content (AvgIpc) is 2.25. The molecule has 0 aromatic heterocycles. The zero-order valence-electron chi connectivity index (χ0n) is 11.6. The van der Waals surface area contributed by atoms with E-state index in [0.717, 1.165) is 11.1 Å². The molecule has 0 spiro atoms. The van der Waals surface area contributed by atoms with Gasteiger partial charge in [0.15, 0.2) is 9.84 Å². The Balaban J connectivity index is 2.81. The second-order valence-electron chi connectivity index (χ2n) is 5.94. The van der Waals surface area contributed by atoms with Crippen molar-refractivity contribution in [1.82, 2.24) is 0 Å². The fraction of sp³-hybridized carbons (Fsp3) is 0.500. The second-order valence-corrected chi connectivity index (χ2v) is 8.49. The standard InChI is InChI=1S/C14H19NO3S/c1-8-5-10-9(2)7-14(3,4)19(17,18)12(10)6-11(8)13(15)16/h5-6,9H,7H2,1-4H3,(H2,15,16). The monoisotopic (exact) mass is 281 g/mol. The Bertz CT molecular complexity index is 660. The van der Waals surface area contributed by atoms with Crippen LogP contribution in [0.4, 0.5) is 0 Å². The number of amides is 1. The number of primary amides is 1. The normalized spacial score (nSPS) is 23.7. The van der Waals surface area contributed by atoms with Crippen molar-refractivity contribution in [1.29, 1.82) is 0 Å². The van der Waals surface area contributed by atoms with Gasteiger partial charge in [-0.15, -0.1) is 0 Å². The van der Waals surface area contributed by atoms with Gasteiger partial charge in [0, 0.05) is 5.56 Å². The first kappa shape index (κ1) is 14.1. The van der Waals surface area contributed by atoms with Crippen molar-refractivity contribution >= 4 is 15.7 Å². The SMILES string of the molecule is Cc1cc2c(cc1C(N)=O)S(=O)(=O)C(C)(C)CC2C. The number of aryl methyl sites for hydroxylation is 1. The second kappa shape index (κ2) is 4.07. The number of carbonyl (C=O) groups excluding carboxylic acids is 1. The summed E-state index contributed by atoms with van der Waals surface area (Å²) in [5.41, 5.74) is 7.11. The molecule has 1 atom stereocenters. The topological polar surface area (TPSA) is 77.2 Å². The number of sulfone groups is 1. The molecule has 0 radical (unpaired) electrons. The van der Waals surface area contributed by atoms with Gasteiger partial charge in [-0.05, 0) is 50.3 Å². The fourth-order valence-electron chi connectivity index (χ4n) is 2.85. The Hall–Kier alpha value is -1.36. The quantitative estimate of drug-likeness (QED) is 0.856. The molecule has 1 heterocycles. The number of carbonyl (C=O) groups is 1. The molecular formula is C14H19NO3S. The number of benzene rings is 1. The van der Waals surface area contributed by atoms with Gasteiger partial charge in [-0.3, -0.25) is 4.79 Å². The predicted molar refractivity (Wildman–Crippen MR) is 74.0 cm³/mol. The third kappa shape index (κ3) is 1.96. The van der Waals surface area contributed by atoms with Gasteiger partial charge in [0.05, 0.1) is 9.64 Å². The molecule has 1 aromatic carbocycles. The summed E-state index contributed by atoms with van der Waals surface area (Å²) in [4.78, 5) is 11.6. The zero-order valence-corrected chi connectivity index (χ0v) is 12.5. The molecule has 104 valence electrons. The van der Waals surface area contributed by atoms with Crippen LogP contribution < -0.4 is 5.73 Å². The van der Waals surface area contributed by atoms with Crippen LogP contribution in [0.2, 0.25) is 0 Å². The van der Waals surface area contributed by atoms with Crippen molar-refractivity contribution in [3.8, 4) is 0 Å². The van der Waals surface area contributed by atoms with E-state index in [9.17, 15) is 13.2 Å². The molecule has 0 saturated carbocycles. The summed E-state index contributed by atoms with van der Waals surface area (Å²) >= 11 is 0. The summed E-state index contributed by atoms with van der Waals surface area (Å²) in [6.07, 6.45) is 0.581. The maximum absolute atomic E-state index is 12.6. The first-order chi connectivity index (χ1) is 8.58. The van der Waals surface area contributed by atoms with Crippen LogP contribution in [0.25, 0.3) is 0 Å². The molecule has 2 N–H and O–H groups in total. The molecule has 0 bridgehead atoms. The molecule has 1 amide bonds. The molecule has 0 fully saturated rings. The first-order valence-corrected chi connectivity index (χ1v) is 7.75. The predicted octanol–water partition coefficient (Wildman–Crippen LogP) is 2.15. The van der Waals surface area contributed by atoms with Crippen LogP contribution in [0.1, 0.15) is 54.6 Å². The van der Waals surface area contributed by atoms with E-state index in [4.69, 9.17) is 5.73 Å². The third-order valence-electron chi connectivity index (χ3n) is 3.97. The molecule has 4 nitrogen and oxygen atoms in total. The van der Waals surface area contributed by atoms with Crippen LogP contribution in [-0.4, -0.2) is 19.1 Å². The average molecular weight is 281 g/mol. The van der Waals surface area contributed by atoms with Gasteiger partial charge in [-0.25, -0.2) is 8.42 Å². The van der Waals surface area contributed by atoms with E-state index in [0.29, 0.717) is 6.42 Å². The van der Waals surface area contributed by atoms with Crippen LogP contribution in [0.15, 0.2) is 17.0 Å². The zero-order chi connectivity index (χ0) is 14.6. The van der Waals surface area contributed by atoms with Crippen LogP contribution in [0, 0.1) is 6.92 Å². The van der Waals surface area contributed by atoms with Crippen LogP contribution in [-0.2, 0) is 9.84 Å². The molecule has 2 rings (SSSR count). The van der Waals surface area contributed by atoms with Crippen LogP contribution >= 0.6 is 0 Å². The van der Waals surface area contributed by atoms with Crippen molar-refractivity contribution in [2.24, 2.45) is 5.73 Å². The van der Waals surface area contributed by atoms with Gasteiger partial charge >= 0.3 is 0 Å². The number of nitrogens with two attached hydrogens (primary N) is 1. The fourth-order valence-corrected chi connectivity index (χ4v) is 4.76. The van der Waals surface area contributed by atoms with Crippen molar-refractivity contribution in [2.45, 2.75) is 49.7 Å². The molecule has 5 heteroatoms. The van der Waals surface area contributed by atoms with E-state index in [2.05, 4.69) is 0 Å². The Labute approximate surface area is 113 Å². The Morgan fingerprint density at radius 3 is 2.47 bits per heavy atom. The van der Waals surface area contributed by atoms with Crippen molar-refractivity contribution in [3.63, 3.8) is 0 Å². The maximum Gasteiger partial charge on any atom is 0.249 e.